The van der Waals surface area contributed by atoms with Crippen molar-refractivity contribution in [3.05, 3.63) is 70.7 Å². The summed E-state index contributed by atoms with van der Waals surface area (Å²) in [5.41, 5.74) is 1.92. The lowest BCUT2D eigenvalue weighted by molar-refractivity contribution is -0.190. The number of thioether (sulfide) groups is 1. The Bertz CT molecular complexity index is 1060. The monoisotopic (exact) mass is 506 g/mol. The van der Waals surface area contributed by atoms with E-state index in [0.29, 0.717) is 35.4 Å². The molecule has 0 radical (unpaired) electrons. The number of halogens is 2. The third-order valence-corrected chi connectivity index (χ3v) is 7.18. The summed E-state index contributed by atoms with van der Waals surface area (Å²) in [7, 11) is 0. The van der Waals surface area contributed by atoms with Gasteiger partial charge in [-0.3, -0.25) is 0 Å². The molecule has 0 spiro atoms. The Morgan fingerprint density at radius 2 is 1.94 bits per heavy atom. The molecule has 0 amide bonds. The summed E-state index contributed by atoms with van der Waals surface area (Å²) in [6.45, 7) is 3.17. The van der Waals surface area contributed by atoms with Gasteiger partial charge in [0.05, 0.1) is 11.6 Å². The second-order valence-electron chi connectivity index (χ2n) is 7.93. The first-order chi connectivity index (χ1) is 16.1. The molecule has 0 aliphatic carbocycles. The van der Waals surface area contributed by atoms with E-state index in [9.17, 15) is 0 Å². The van der Waals surface area contributed by atoms with Crippen molar-refractivity contribution in [2.24, 2.45) is 0 Å². The van der Waals surface area contributed by atoms with Crippen molar-refractivity contribution >= 4 is 40.7 Å². The van der Waals surface area contributed by atoms with E-state index in [1.807, 2.05) is 30.0 Å². The van der Waals surface area contributed by atoms with Gasteiger partial charge in [-0.1, -0.05) is 29.3 Å². The van der Waals surface area contributed by atoms with Crippen molar-refractivity contribution < 1.29 is 14.2 Å². The van der Waals surface area contributed by atoms with Crippen LogP contribution in [-0.4, -0.2) is 58.7 Å². The van der Waals surface area contributed by atoms with Gasteiger partial charge in [0.1, 0.15) is 37.7 Å². The Morgan fingerprint density at radius 3 is 2.67 bits per heavy atom. The maximum Gasteiger partial charge on any atom is 0.217 e. The van der Waals surface area contributed by atoms with Gasteiger partial charge in [0.25, 0.3) is 0 Å². The Morgan fingerprint density at radius 1 is 1.12 bits per heavy atom. The summed E-state index contributed by atoms with van der Waals surface area (Å²) in [4.78, 5) is 6.42. The average molecular weight is 507 g/mol. The smallest absolute Gasteiger partial charge is 0.217 e. The zero-order chi connectivity index (χ0) is 22.7. The second-order valence-corrected chi connectivity index (χ2v) is 9.99. The van der Waals surface area contributed by atoms with Crippen LogP contribution in [0.15, 0.2) is 55.1 Å². The number of hydrogen-bond acceptors (Lipinski definition) is 7. The molecule has 7 nitrogen and oxygen atoms in total. The van der Waals surface area contributed by atoms with Crippen LogP contribution >= 0.6 is 35.0 Å². The maximum absolute atomic E-state index is 6.51. The molecular weight excluding hydrogens is 483 g/mol. The van der Waals surface area contributed by atoms with Gasteiger partial charge in [-0.15, -0.1) is 0 Å². The van der Waals surface area contributed by atoms with Crippen LogP contribution in [-0.2, 0) is 21.8 Å². The fraction of sp³-hybridized carbons (Fsp3) is 0.391. The maximum atomic E-state index is 6.51. The predicted octanol–water partition coefficient (Wildman–Crippen LogP) is 4.49. The summed E-state index contributed by atoms with van der Waals surface area (Å²) in [5.74, 6) is 2.03. The lowest BCUT2D eigenvalue weighted by atomic mass is 10.1. The van der Waals surface area contributed by atoms with Crippen molar-refractivity contribution in [3.63, 3.8) is 0 Å². The van der Waals surface area contributed by atoms with Crippen LogP contribution in [0.3, 0.4) is 0 Å². The molecule has 2 aliphatic heterocycles. The van der Waals surface area contributed by atoms with Gasteiger partial charge in [0.2, 0.25) is 5.79 Å². The molecule has 2 saturated heterocycles. The van der Waals surface area contributed by atoms with Gasteiger partial charge in [0.15, 0.2) is 0 Å². The van der Waals surface area contributed by atoms with E-state index >= 15 is 0 Å². The van der Waals surface area contributed by atoms with E-state index in [1.54, 1.807) is 23.1 Å². The third kappa shape index (κ3) is 5.25. The molecule has 3 aromatic rings. The Kier molecular flexibility index (Phi) is 6.99. The lowest BCUT2D eigenvalue weighted by Gasteiger charge is -2.29. The molecule has 2 aromatic carbocycles. The van der Waals surface area contributed by atoms with E-state index in [1.165, 1.54) is 23.5 Å². The highest BCUT2D eigenvalue weighted by Crippen LogP contribution is 2.40. The van der Waals surface area contributed by atoms with Gasteiger partial charge in [-0.25, -0.2) is 9.67 Å². The largest absolute Gasteiger partial charge is 0.491 e. The highest BCUT2D eigenvalue weighted by atomic mass is 35.5. The summed E-state index contributed by atoms with van der Waals surface area (Å²) in [6, 6.07) is 13.5. The van der Waals surface area contributed by atoms with Crippen molar-refractivity contribution in [2.45, 2.75) is 18.4 Å². The molecule has 1 aromatic heterocycles. The van der Waals surface area contributed by atoms with Crippen LogP contribution in [0.25, 0.3) is 0 Å². The minimum absolute atomic E-state index is 0.279. The standard InChI is InChI=1S/C23H24Cl2N4O3S/c24-17-1-6-21(22(25)11-17)23(14-29-16-26-15-27-29)31-13-20(32-23)12-30-19-4-2-18(3-5-19)28-7-9-33-10-8-28/h1-6,11,15-16,20H,7-10,12-14H2. The van der Waals surface area contributed by atoms with Crippen LogP contribution < -0.4 is 9.64 Å². The van der Waals surface area contributed by atoms with Crippen LogP contribution in [0.4, 0.5) is 5.69 Å². The first-order valence-electron chi connectivity index (χ1n) is 10.8. The Labute approximate surface area is 206 Å². The first kappa shape index (κ1) is 22.8. The summed E-state index contributed by atoms with van der Waals surface area (Å²) >= 11 is 14.6. The molecule has 2 unspecified atom stereocenters. The molecule has 174 valence electrons. The highest BCUT2D eigenvalue weighted by Gasteiger charge is 2.45. The molecule has 0 N–H and O–H groups in total. The van der Waals surface area contributed by atoms with E-state index in [0.717, 1.165) is 18.8 Å². The molecule has 2 fully saturated rings. The minimum Gasteiger partial charge on any atom is -0.491 e. The van der Waals surface area contributed by atoms with Crippen molar-refractivity contribution in [3.8, 4) is 5.75 Å². The fourth-order valence-corrected chi connectivity index (χ4v) is 5.50. The highest BCUT2D eigenvalue weighted by molar-refractivity contribution is 7.99. The quantitative estimate of drug-likeness (QED) is 0.467. The Hall–Kier alpha value is -1.97. The number of benzene rings is 2. The number of rotatable bonds is 7. The lowest BCUT2D eigenvalue weighted by Crippen LogP contribution is -2.35. The molecular formula is C23H24Cl2N4O3S. The molecule has 33 heavy (non-hydrogen) atoms. The minimum atomic E-state index is -1.11. The number of ether oxygens (including phenoxy) is 3. The van der Waals surface area contributed by atoms with Gasteiger partial charge in [0, 0.05) is 40.9 Å². The van der Waals surface area contributed by atoms with Crippen LogP contribution in [0.2, 0.25) is 10.0 Å². The molecule has 2 atom stereocenters. The third-order valence-electron chi connectivity index (χ3n) is 5.69. The van der Waals surface area contributed by atoms with Crippen LogP contribution in [0.5, 0.6) is 5.75 Å². The summed E-state index contributed by atoms with van der Waals surface area (Å²) in [6.07, 6.45) is 2.81. The zero-order valence-electron chi connectivity index (χ0n) is 17.9. The molecule has 0 saturated carbocycles. The van der Waals surface area contributed by atoms with E-state index in [2.05, 4.69) is 27.1 Å². The van der Waals surface area contributed by atoms with Gasteiger partial charge >= 0.3 is 0 Å². The van der Waals surface area contributed by atoms with Crippen molar-refractivity contribution in [1.82, 2.24) is 14.8 Å². The fourth-order valence-electron chi connectivity index (χ4n) is 4.05. The van der Waals surface area contributed by atoms with Crippen LogP contribution in [0.1, 0.15) is 5.56 Å². The molecule has 3 heterocycles. The van der Waals surface area contributed by atoms with E-state index in [4.69, 9.17) is 37.4 Å². The topological polar surface area (TPSA) is 61.6 Å². The first-order valence-corrected chi connectivity index (χ1v) is 12.7. The predicted molar refractivity (Wildman–Crippen MR) is 130 cm³/mol. The summed E-state index contributed by atoms with van der Waals surface area (Å²) in [5, 5.41) is 5.22. The van der Waals surface area contributed by atoms with Crippen LogP contribution in [0, 0.1) is 0 Å². The average Bonchev–Trinajstić information content (AvgIpc) is 3.49. The number of hydrogen-bond donors (Lipinski definition) is 0. The van der Waals surface area contributed by atoms with Crippen molar-refractivity contribution in [1.29, 1.82) is 0 Å². The molecule has 10 heteroatoms. The zero-order valence-corrected chi connectivity index (χ0v) is 20.2. The normalized spacial score (nSPS) is 23.1. The SMILES string of the molecule is Clc1ccc(C2(Cn3cncn3)OCC(COc3ccc(N4CCSCC4)cc3)O2)c(Cl)c1. The molecule has 0 bridgehead atoms. The van der Waals surface area contributed by atoms with Crippen molar-refractivity contribution in [2.75, 3.05) is 42.7 Å². The van der Waals surface area contributed by atoms with Gasteiger partial charge in [-0.05, 0) is 36.4 Å². The summed E-state index contributed by atoms with van der Waals surface area (Å²) < 4.78 is 20.3. The number of nitrogens with zero attached hydrogens (tertiary/aromatic N) is 4. The Balaban J connectivity index is 1.26. The molecule has 5 rings (SSSR count). The number of anilines is 1. The number of aromatic nitrogens is 3. The van der Waals surface area contributed by atoms with Gasteiger partial charge < -0.3 is 19.1 Å². The second kappa shape index (κ2) is 10.1. The van der Waals surface area contributed by atoms with Gasteiger partial charge in [-0.2, -0.15) is 16.9 Å². The van der Waals surface area contributed by atoms with E-state index < -0.39 is 5.79 Å². The molecule has 2 aliphatic rings. The van der Waals surface area contributed by atoms with E-state index in [-0.39, 0.29) is 6.10 Å².